The lowest BCUT2D eigenvalue weighted by atomic mass is 10.4. The van der Waals surface area contributed by atoms with Crippen molar-refractivity contribution in [1.29, 1.82) is 0 Å². The predicted molar refractivity (Wildman–Crippen MR) is 41.0 cm³/mol. The maximum atomic E-state index is 10.4. The van der Waals surface area contributed by atoms with Crippen molar-refractivity contribution in [2.24, 2.45) is 5.73 Å². The summed E-state index contributed by atoms with van der Waals surface area (Å²) in [7, 11) is 0. The van der Waals surface area contributed by atoms with Crippen molar-refractivity contribution in [2.45, 2.75) is 26.1 Å². The molecule has 1 unspecified atom stereocenters. The average Bonchev–Trinajstić information content (AvgIpc) is 1.82. The molecule has 13 heavy (non-hydrogen) atoms. The molecule has 0 rings (SSSR count). The van der Waals surface area contributed by atoms with Gasteiger partial charge in [-0.1, -0.05) is 0 Å². The van der Waals surface area contributed by atoms with Gasteiger partial charge in [-0.3, -0.25) is 0 Å². The molecule has 80 valence electrons. The van der Waals surface area contributed by atoms with Gasteiger partial charge in [-0.15, -0.1) is 0 Å². The largest absolute Gasteiger partial charge is 0.394 e. The van der Waals surface area contributed by atoms with Gasteiger partial charge in [0, 0.05) is 6.92 Å². The number of carbonyl (C=O) groups is 1. The van der Waals surface area contributed by atoms with Crippen molar-refractivity contribution >= 4 is 6.03 Å². The van der Waals surface area contributed by atoms with E-state index in [4.69, 9.17) is 10.8 Å². The number of nitrogens with two attached hydrogens (primary N) is 1. The lowest BCUT2D eigenvalue weighted by molar-refractivity contribution is -0.110. The van der Waals surface area contributed by atoms with Crippen LogP contribution in [-0.4, -0.2) is 30.0 Å². The highest BCUT2D eigenvalue weighted by molar-refractivity contribution is 5.71. The number of halogens is 3. The summed E-state index contributed by atoms with van der Waals surface area (Å²) < 4.78 is 31.1. The van der Waals surface area contributed by atoms with Gasteiger partial charge in [0.15, 0.2) is 0 Å². The molecule has 4 N–H and O–H groups in total. The van der Waals surface area contributed by atoms with Crippen molar-refractivity contribution < 1.29 is 23.1 Å². The van der Waals surface area contributed by atoms with Gasteiger partial charge in [0.25, 0.3) is 0 Å². The molecule has 0 fully saturated rings. The Labute approximate surface area is 73.9 Å². The molecule has 0 spiro atoms. The molecule has 0 aromatic heterocycles. The minimum absolute atomic E-state index is 0.0804. The van der Waals surface area contributed by atoms with E-state index < -0.39 is 12.2 Å². The Bertz CT molecular complexity index is 143. The number of nitrogens with one attached hydrogen (secondary N) is 1. The molecule has 0 aromatic rings. The minimum Gasteiger partial charge on any atom is -0.394 e. The molecule has 0 heterocycles. The van der Waals surface area contributed by atoms with Crippen LogP contribution in [0.25, 0.3) is 0 Å². The van der Waals surface area contributed by atoms with E-state index in [1.165, 1.54) is 0 Å². The summed E-state index contributed by atoms with van der Waals surface area (Å²) >= 11 is 0. The SMILES string of the molecule is CC(CO)NC(N)=O.CC(F)(F)F. The molecular weight excluding hydrogens is 189 g/mol. The van der Waals surface area contributed by atoms with Crippen LogP contribution in [0.2, 0.25) is 0 Å². The fraction of sp³-hybridized carbons (Fsp3) is 0.833. The number of alkyl halides is 3. The second-order valence-electron chi connectivity index (χ2n) is 2.37. The average molecular weight is 202 g/mol. The van der Waals surface area contributed by atoms with Gasteiger partial charge in [-0.05, 0) is 6.92 Å². The van der Waals surface area contributed by atoms with Gasteiger partial charge in [0.1, 0.15) is 0 Å². The quantitative estimate of drug-likeness (QED) is 0.613. The standard InChI is InChI=1S/C4H10N2O2.C2H3F3/c1-3(2-7)6-4(5)8;1-2(3,4)5/h3,7H,2H2,1H3,(H3,5,6,8);1H3. The molecule has 0 bridgehead atoms. The van der Waals surface area contributed by atoms with Crippen molar-refractivity contribution in [1.82, 2.24) is 5.32 Å². The van der Waals surface area contributed by atoms with Gasteiger partial charge in [0.2, 0.25) is 0 Å². The number of hydrogen-bond acceptors (Lipinski definition) is 2. The Morgan fingerprint density at radius 2 is 1.92 bits per heavy atom. The van der Waals surface area contributed by atoms with E-state index in [-0.39, 0.29) is 19.6 Å². The number of primary amides is 1. The van der Waals surface area contributed by atoms with Crippen LogP contribution in [0.1, 0.15) is 13.8 Å². The third-order valence-electron chi connectivity index (χ3n) is 0.663. The van der Waals surface area contributed by atoms with Crippen LogP contribution in [0.5, 0.6) is 0 Å². The second kappa shape index (κ2) is 6.53. The highest BCUT2D eigenvalue weighted by Gasteiger charge is 2.15. The second-order valence-corrected chi connectivity index (χ2v) is 2.37. The summed E-state index contributed by atoms with van der Waals surface area (Å²) in [6.07, 6.45) is -4.00. The van der Waals surface area contributed by atoms with Crippen molar-refractivity contribution in [3.05, 3.63) is 0 Å². The van der Waals surface area contributed by atoms with Crippen LogP contribution >= 0.6 is 0 Å². The first kappa shape index (κ1) is 14.5. The molecule has 0 aromatic carbocycles. The van der Waals surface area contributed by atoms with Crippen LogP contribution < -0.4 is 11.1 Å². The first-order valence-electron chi connectivity index (χ1n) is 3.40. The fourth-order valence-corrected chi connectivity index (χ4v) is 0.288. The number of rotatable bonds is 2. The Balaban J connectivity index is 0. The topological polar surface area (TPSA) is 75.3 Å². The van der Waals surface area contributed by atoms with Crippen LogP contribution in [-0.2, 0) is 0 Å². The Morgan fingerprint density at radius 1 is 1.62 bits per heavy atom. The lowest BCUT2D eigenvalue weighted by Gasteiger charge is -2.05. The lowest BCUT2D eigenvalue weighted by Crippen LogP contribution is -2.38. The van der Waals surface area contributed by atoms with Gasteiger partial charge in [-0.25, -0.2) is 4.79 Å². The molecular formula is C6H13F3N2O2. The number of hydrogen-bond donors (Lipinski definition) is 3. The molecule has 0 radical (unpaired) electrons. The highest BCUT2D eigenvalue weighted by Crippen LogP contribution is 2.10. The molecule has 0 aliphatic rings. The summed E-state index contributed by atoms with van der Waals surface area (Å²) in [5.41, 5.74) is 4.71. The van der Waals surface area contributed by atoms with E-state index in [9.17, 15) is 18.0 Å². The first-order chi connectivity index (χ1) is 5.66. The Kier molecular flexibility index (Phi) is 7.30. The van der Waals surface area contributed by atoms with Crippen LogP contribution in [0.4, 0.5) is 18.0 Å². The fourth-order valence-electron chi connectivity index (χ4n) is 0.288. The van der Waals surface area contributed by atoms with Crippen molar-refractivity contribution in [3.8, 4) is 0 Å². The molecule has 0 saturated heterocycles. The third-order valence-corrected chi connectivity index (χ3v) is 0.663. The smallest absolute Gasteiger partial charge is 0.386 e. The van der Waals surface area contributed by atoms with Crippen LogP contribution in [0, 0.1) is 0 Å². The van der Waals surface area contributed by atoms with E-state index in [1.54, 1.807) is 6.92 Å². The van der Waals surface area contributed by atoms with E-state index in [0.717, 1.165) is 0 Å². The third kappa shape index (κ3) is 35.6. The molecule has 0 aliphatic heterocycles. The van der Waals surface area contributed by atoms with E-state index in [1.807, 2.05) is 0 Å². The highest BCUT2D eigenvalue weighted by atomic mass is 19.4. The molecule has 0 aliphatic carbocycles. The van der Waals surface area contributed by atoms with E-state index in [2.05, 4.69) is 5.32 Å². The number of amides is 2. The summed E-state index contributed by atoms with van der Waals surface area (Å²) in [5.74, 6) is 0. The summed E-state index contributed by atoms with van der Waals surface area (Å²) in [6, 6.07) is -0.848. The number of urea groups is 1. The zero-order valence-corrected chi connectivity index (χ0v) is 7.35. The maximum Gasteiger partial charge on any atom is 0.386 e. The number of aliphatic hydroxyl groups excluding tert-OH is 1. The molecule has 4 nitrogen and oxygen atoms in total. The Morgan fingerprint density at radius 3 is 2.00 bits per heavy atom. The van der Waals surface area contributed by atoms with Gasteiger partial charge >= 0.3 is 12.2 Å². The van der Waals surface area contributed by atoms with Gasteiger partial charge in [-0.2, -0.15) is 13.2 Å². The van der Waals surface area contributed by atoms with Crippen LogP contribution in [0.15, 0.2) is 0 Å². The van der Waals surface area contributed by atoms with Gasteiger partial charge < -0.3 is 16.2 Å². The summed E-state index contributed by atoms with van der Waals surface area (Å²) in [4.78, 5) is 9.97. The zero-order valence-electron chi connectivity index (χ0n) is 7.35. The zero-order chi connectivity index (χ0) is 11.1. The molecule has 7 heteroatoms. The van der Waals surface area contributed by atoms with Gasteiger partial charge in [0.05, 0.1) is 12.6 Å². The molecule has 1 atom stereocenters. The monoisotopic (exact) mass is 202 g/mol. The minimum atomic E-state index is -4.00. The van der Waals surface area contributed by atoms with Crippen molar-refractivity contribution in [3.63, 3.8) is 0 Å². The van der Waals surface area contributed by atoms with Crippen molar-refractivity contribution in [2.75, 3.05) is 6.61 Å². The first-order valence-corrected chi connectivity index (χ1v) is 3.40. The Hall–Kier alpha value is -0.980. The van der Waals surface area contributed by atoms with Crippen LogP contribution in [0.3, 0.4) is 0 Å². The summed E-state index contributed by atoms with van der Waals surface area (Å²) in [5, 5.41) is 10.6. The maximum absolute atomic E-state index is 10.4. The number of carbonyl (C=O) groups excluding carboxylic acids is 1. The van der Waals surface area contributed by atoms with E-state index in [0.29, 0.717) is 0 Å². The van der Waals surface area contributed by atoms with E-state index >= 15 is 0 Å². The molecule has 0 saturated carbocycles. The summed E-state index contributed by atoms with van der Waals surface area (Å²) in [6.45, 7) is 1.76. The molecule has 2 amide bonds. The predicted octanol–water partition coefficient (Wildman–Crippen LogP) is 0.604. The number of aliphatic hydroxyl groups is 1. The normalized spacial score (nSPS) is 12.5.